The van der Waals surface area contributed by atoms with Gasteiger partial charge in [-0.05, 0) is 48.3 Å². The molecule has 0 saturated carbocycles. The first-order chi connectivity index (χ1) is 14.8. The van der Waals surface area contributed by atoms with Crippen LogP contribution in [0.1, 0.15) is 80.9 Å². The molecule has 0 amide bonds. The maximum atomic E-state index is 12.5. The van der Waals surface area contributed by atoms with Gasteiger partial charge in [-0.1, -0.05) is 33.8 Å². The summed E-state index contributed by atoms with van der Waals surface area (Å²) in [6.07, 6.45) is 9.26. The standard InChI is InChI=1S/C25H34N4O2/c1-17(2)21-6-7-22(26-16-21)23(30)8-5-19-9-11-29(12-10-19)25-27-14-20(15-28-25)13-24(31)18(3)4/h6-7,14-19H,5,8-13H2,1-4H3. The second-order valence-electron chi connectivity index (χ2n) is 9.21. The molecule has 166 valence electrons. The summed E-state index contributed by atoms with van der Waals surface area (Å²) in [5, 5.41) is 0. The van der Waals surface area contributed by atoms with E-state index in [1.807, 2.05) is 32.2 Å². The number of aromatic nitrogens is 3. The topological polar surface area (TPSA) is 76.1 Å². The van der Waals surface area contributed by atoms with Gasteiger partial charge in [0.1, 0.15) is 11.5 Å². The molecule has 0 aliphatic carbocycles. The average molecular weight is 423 g/mol. The first-order valence-corrected chi connectivity index (χ1v) is 11.4. The zero-order valence-electron chi connectivity index (χ0n) is 19.2. The van der Waals surface area contributed by atoms with E-state index >= 15 is 0 Å². The summed E-state index contributed by atoms with van der Waals surface area (Å²) < 4.78 is 0. The lowest BCUT2D eigenvalue weighted by Crippen LogP contribution is -2.35. The molecule has 0 unspecified atom stereocenters. The predicted octanol–water partition coefficient (Wildman–Crippen LogP) is 4.64. The van der Waals surface area contributed by atoms with Crippen molar-refractivity contribution in [3.8, 4) is 0 Å². The number of piperidine rings is 1. The Morgan fingerprint density at radius 3 is 2.23 bits per heavy atom. The molecule has 0 aromatic carbocycles. The highest BCUT2D eigenvalue weighted by molar-refractivity contribution is 5.94. The molecule has 1 aliphatic heterocycles. The summed E-state index contributed by atoms with van der Waals surface area (Å²) in [5.41, 5.74) is 2.60. The summed E-state index contributed by atoms with van der Waals surface area (Å²) in [4.78, 5) is 39.9. The van der Waals surface area contributed by atoms with Crippen molar-refractivity contribution in [2.45, 2.75) is 65.7 Å². The second-order valence-corrected chi connectivity index (χ2v) is 9.21. The van der Waals surface area contributed by atoms with E-state index in [0.717, 1.165) is 49.4 Å². The molecular formula is C25H34N4O2. The van der Waals surface area contributed by atoms with E-state index in [4.69, 9.17) is 0 Å². The molecule has 3 rings (SSSR count). The van der Waals surface area contributed by atoms with Gasteiger partial charge in [0.05, 0.1) is 0 Å². The third-order valence-electron chi connectivity index (χ3n) is 6.13. The first kappa shape index (κ1) is 23.0. The monoisotopic (exact) mass is 422 g/mol. The lowest BCUT2D eigenvalue weighted by Gasteiger charge is -2.31. The molecule has 31 heavy (non-hydrogen) atoms. The molecule has 0 N–H and O–H groups in total. The van der Waals surface area contributed by atoms with Crippen molar-refractivity contribution in [3.05, 3.63) is 47.5 Å². The molecule has 1 aliphatic rings. The Balaban J connectivity index is 1.44. The molecule has 6 heteroatoms. The molecule has 1 saturated heterocycles. The Kier molecular flexibility index (Phi) is 7.88. The Morgan fingerprint density at radius 1 is 1.00 bits per heavy atom. The predicted molar refractivity (Wildman–Crippen MR) is 122 cm³/mol. The first-order valence-electron chi connectivity index (χ1n) is 11.4. The smallest absolute Gasteiger partial charge is 0.225 e. The minimum Gasteiger partial charge on any atom is -0.341 e. The highest BCUT2D eigenvalue weighted by Gasteiger charge is 2.22. The fourth-order valence-electron chi connectivity index (χ4n) is 3.80. The maximum Gasteiger partial charge on any atom is 0.225 e. The van der Waals surface area contributed by atoms with Crippen molar-refractivity contribution < 1.29 is 9.59 Å². The Hall–Kier alpha value is -2.63. The lowest BCUT2D eigenvalue weighted by atomic mass is 9.91. The van der Waals surface area contributed by atoms with Crippen molar-refractivity contribution in [2.75, 3.05) is 18.0 Å². The molecule has 0 atom stereocenters. The van der Waals surface area contributed by atoms with Crippen LogP contribution in [0, 0.1) is 11.8 Å². The van der Waals surface area contributed by atoms with Crippen LogP contribution in [0.25, 0.3) is 0 Å². The molecule has 0 spiro atoms. The van der Waals surface area contributed by atoms with Crippen molar-refractivity contribution in [2.24, 2.45) is 11.8 Å². The van der Waals surface area contributed by atoms with Crippen LogP contribution in [0.3, 0.4) is 0 Å². The molecule has 3 heterocycles. The number of pyridine rings is 1. The number of hydrogen-bond donors (Lipinski definition) is 0. The Bertz CT molecular complexity index is 867. The molecule has 0 radical (unpaired) electrons. The molecule has 6 nitrogen and oxygen atoms in total. The molecular weight excluding hydrogens is 388 g/mol. The van der Waals surface area contributed by atoms with Crippen LogP contribution < -0.4 is 4.90 Å². The van der Waals surface area contributed by atoms with Gasteiger partial charge >= 0.3 is 0 Å². The summed E-state index contributed by atoms with van der Waals surface area (Å²) in [7, 11) is 0. The van der Waals surface area contributed by atoms with Crippen LogP contribution >= 0.6 is 0 Å². The van der Waals surface area contributed by atoms with Crippen LogP contribution in [0.2, 0.25) is 0 Å². The quantitative estimate of drug-likeness (QED) is 0.548. The summed E-state index contributed by atoms with van der Waals surface area (Å²) in [5.74, 6) is 2.05. The number of anilines is 1. The van der Waals surface area contributed by atoms with E-state index in [1.54, 1.807) is 12.4 Å². The van der Waals surface area contributed by atoms with Gasteiger partial charge in [0.25, 0.3) is 0 Å². The van der Waals surface area contributed by atoms with Crippen molar-refractivity contribution >= 4 is 17.5 Å². The number of Topliss-reactive ketones (excluding diaryl/α,β-unsaturated/α-hetero) is 2. The normalized spacial score (nSPS) is 15.0. The number of carbonyl (C=O) groups is 2. The van der Waals surface area contributed by atoms with Crippen LogP contribution in [0.4, 0.5) is 5.95 Å². The minimum atomic E-state index is 0.0285. The average Bonchev–Trinajstić information content (AvgIpc) is 2.78. The van der Waals surface area contributed by atoms with Gasteiger partial charge in [0, 0.05) is 50.4 Å². The maximum absolute atomic E-state index is 12.5. The van der Waals surface area contributed by atoms with Crippen LogP contribution in [0.5, 0.6) is 0 Å². The van der Waals surface area contributed by atoms with E-state index in [9.17, 15) is 9.59 Å². The third kappa shape index (κ3) is 6.42. The summed E-state index contributed by atoms with van der Waals surface area (Å²) in [6.45, 7) is 9.85. The van der Waals surface area contributed by atoms with Gasteiger partial charge in [0.15, 0.2) is 5.78 Å². The number of carbonyl (C=O) groups excluding carboxylic acids is 2. The van der Waals surface area contributed by atoms with Gasteiger partial charge in [-0.2, -0.15) is 0 Å². The van der Waals surface area contributed by atoms with E-state index < -0.39 is 0 Å². The van der Waals surface area contributed by atoms with Gasteiger partial charge in [-0.15, -0.1) is 0 Å². The van der Waals surface area contributed by atoms with Crippen LogP contribution in [-0.4, -0.2) is 39.6 Å². The number of nitrogens with zero attached hydrogens (tertiary/aromatic N) is 4. The van der Waals surface area contributed by atoms with Gasteiger partial charge in [-0.25, -0.2) is 9.97 Å². The Labute approximate surface area is 185 Å². The highest BCUT2D eigenvalue weighted by Crippen LogP contribution is 2.25. The van der Waals surface area contributed by atoms with E-state index in [0.29, 0.717) is 30.4 Å². The third-order valence-corrected chi connectivity index (χ3v) is 6.13. The SMILES string of the molecule is CC(C)C(=O)Cc1cnc(N2CCC(CCC(=O)c3ccc(C(C)C)cn3)CC2)nc1. The fraction of sp³-hybridized carbons (Fsp3) is 0.560. The molecule has 1 fully saturated rings. The van der Waals surface area contributed by atoms with E-state index in [2.05, 4.69) is 33.7 Å². The van der Waals surface area contributed by atoms with E-state index in [-0.39, 0.29) is 17.5 Å². The molecule has 2 aromatic rings. The lowest BCUT2D eigenvalue weighted by molar-refractivity contribution is -0.121. The zero-order valence-corrected chi connectivity index (χ0v) is 19.2. The molecule has 2 aromatic heterocycles. The largest absolute Gasteiger partial charge is 0.341 e. The second kappa shape index (κ2) is 10.6. The summed E-state index contributed by atoms with van der Waals surface area (Å²) in [6, 6.07) is 3.86. The number of hydrogen-bond acceptors (Lipinski definition) is 6. The zero-order chi connectivity index (χ0) is 22.4. The minimum absolute atomic E-state index is 0.0285. The van der Waals surface area contributed by atoms with Crippen LogP contribution in [-0.2, 0) is 11.2 Å². The van der Waals surface area contributed by atoms with Crippen molar-refractivity contribution in [1.82, 2.24) is 15.0 Å². The van der Waals surface area contributed by atoms with Gasteiger partial charge in [0.2, 0.25) is 5.95 Å². The number of ketones is 2. The van der Waals surface area contributed by atoms with Crippen molar-refractivity contribution in [1.29, 1.82) is 0 Å². The molecule has 0 bridgehead atoms. The van der Waals surface area contributed by atoms with Crippen LogP contribution in [0.15, 0.2) is 30.7 Å². The fourth-order valence-corrected chi connectivity index (χ4v) is 3.80. The van der Waals surface area contributed by atoms with Crippen molar-refractivity contribution in [3.63, 3.8) is 0 Å². The van der Waals surface area contributed by atoms with Gasteiger partial charge in [-0.3, -0.25) is 14.6 Å². The summed E-state index contributed by atoms with van der Waals surface area (Å²) >= 11 is 0. The Morgan fingerprint density at radius 2 is 1.68 bits per heavy atom. The van der Waals surface area contributed by atoms with E-state index in [1.165, 1.54) is 0 Å². The highest BCUT2D eigenvalue weighted by atomic mass is 16.1. The number of rotatable bonds is 9. The van der Waals surface area contributed by atoms with Gasteiger partial charge < -0.3 is 4.90 Å².